The van der Waals surface area contributed by atoms with Crippen molar-refractivity contribution in [3.05, 3.63) is 87.9 Å². The molecular weight excluding hydrogens is 521 g/mol. The average molecular weight is 542 g/mol. The second-order valence-electron chi connectivity index (χ2n) is 8.06. The first kappa shape index (κ1) is 22.9. The van der Waals surface area contributed by atoms with Crippen molar-refractivity contribution in [2.24, 2.45) is 11.0 Å². The number of methoxy groups -OCH3 is 1. The Hall–Kier alpha value is -2.91. The molecule has 2 aromatic carbocycles. The summed E-state index contributed by atoms with van der Waals surface area (Å²) in [6, 6.07) is 13.4. The number of thioether (sulfide) groups is 1. The molecule has 174 valence electrons. The van der Waals surface area contributed by atoms with Gasteiger partial charge < -0.3 is 9.47 Å². The fourth-order valence-electron chi connectivity index (χ4n) is 3.61. The van der Waals surface area contributed by atoms with Crippen LogP contribution in [0.4, 0.5) is 4.39 Å². The first-order chi connectivity index (χ1) is 16.5. The van der Waals surface area contributed by atoms with E-state index in [2.05, 4.69) is 26.0 Å². The van der Waals surface area contributed by atoms with Gasteiger partial charge in [0.25, 0.3) is 5.91 Å². The molecule has 1 aliphatic heterocycles. The van der Waals surface area contributed by atoms with Crippen LogP contribution in [0, 0.1) is 11.7 Å². The Morgan fingerprint density at radius 3 is 2.71 bits per heavy atom. The third kappa shape index (κ3) is 4.81. The molecule has 1 aromatic heterocycles. The van der Waals surface area contributed by atoms with Gasteiger partial charge in [-0.3, -0.25) is 9.78 Å². The standard InChI is InChI=1S/C25H21BrFN3O3S/c1-32-22-20(3-2-4-21(22)33-14-15-5-6-15)25-30(24(31)17-11-18(26)13-28-12-17)29-23(34-25)16-7-9-19(27)10-8-16/h2-4,7-13,15,25H,5-6,14H2,1H3. The van der Waals surface area contributed by atoms with Gasteiger partial charge in [0, 0.05) is 28.0 Å². The predicted octanol–water partition coefficient (Wildman–Crippen LogP) is 6.03. The first-order valence-corrected chi connectivity index (χ1v) is 12.5. The van der Waals surface area contributed by atoms with E-state index in [-0.39, 0.29) is 11.7 Å². The normalized spacial score (nSPS) is 17.4. The Kier molecular flexibility index (Phi) is 6.56. The van der Waals surface area contributed by atoms with E-state index >= 15 is 0 Å². The van der Waals surface area contributed by atoms with Crippen LogP contribution in [-0.4, -0.2) is 34.7 Å². The molecule has 0 saturated heterocycles. The molecule has 0 radical (unpaired) electrons. The van der Waals surface area contributed by atoms with Crippen molar-refractivity contribution in [1.82, 2.24) is 9.99 Å². The highest BCUT2D eigenvalue weighted by molar-refractivity contribution is 9.10. The number of para-hydroxylation sites is 1. The number of nitrogens with zero attached hydrogens (tertiary/aromatic N) is 3. The maximum Gasteiger partial charge on any atom is 0.277 e. The van der Waals surface area contributed by atoms with Gasteiger partial charge in [0.1, 0.15) is 16.2 Å². The van der Waals surface area contributed by atoms with Crippen molar-refractivity contribution in [3.8, 4) is 11.5 Å². The second-order valence-corrected chi connectivity index (χ2v) is 10.0. The molecule has 2 heterocycles. The zero-order valence-electron chi connectivity index (χ0n) is 18.3. The second kappa shape index (κ2) is 9.76. The van der Waals surface area contributed by atoms with Crippen LogP contribution in [0.5, 0.6) is 11.5 Å². The molecule has 0 bridgehead atoms. The summed E-state index contributed by atoms with van der Waals surface area (Å²) in [5.74, 6) is 1.15. The number of pyridine rings is 1. The third-order valence-corrected chi connectivity index (χ3v) is 7.20. The van der Waals surface area contributed by atoms with Crippen LogP contribution in [0.15, 0.2) is 70.5 Å². The van der Waals surface area contributed by atoms with Crippen LogP contribution < -0.4 is 9.47 Å². The molecule has 1 amide bonds. The number of benzene rings is 2. The number of carbonyl (C=O) groups is 1. The summed E-state index contributed by atoms with van der Waals surface area (Å²) in [5.41, 5.74) is 1.88. The number of hydrogen-bond acceptors (Lipinski definition) is 6. The number of ether oxygens (including phenoxy) is 2. The third-order valence-electron chi connectivity index (χ3n) is 5.55. The average Bonchev–Trinajstić information content (AvgIpc) is 3.58. The van der Waals surface area contributed by atoms with Crippen molar-refractivity contribution in [1.29, 1.82) is 0 Å². The van der Waals surface area contributed by atoms with Crippen LogP contribution in [0.2, 0.25) is 0 Å². The van der Waals surface area contributed by atoms with Crippen LogP contribution in [0.1, 0.15) is 39.7 Å². The highest BCUT2D eigenvalue weighted by atomic mass is 79.9. The Morgan fingerprint density at radius 1 is 1.21 bits per heavy atom. The lowest BCUT2D eigenvalue weighted by Gasteiger charge is -2.24. The highest BCUT2D eigenvalue weighted by Crippen LogP contribution is 2.48. The Labute approximate surface area is 209 Å². The summed E-state index contributed by atoms with van der Waals surface area (Å²) in [7, 11) is 1.59. The van der Waals surface area contributed by atoms with Gasteiger partial charge in [-0.15, -0.1) is 0 Å². The summed E-state index contributed by atoms with van der Waals surface area (Å²) in [6.07, 6.45) is 5.48. The van der Waals surface area contributed by atoms with E-state index in [4.69, 9.17) is 9.47 Å². The minimum absolute atomic E-state index is 0.310. The van der Waals surface area contributed by atoms with Gasteiger partial charge in [0.15, 0.2) is 11.5 Å². The first-order valence-electron chi connectivity index (χ1n) is 10.8. The monoisotopic (exact) mass is 541 g/mol. The number of hydrogen-bond donors (Lipinski definition) is 0. The minimum Gasteiger partial charge on any atom is -0.492 e. The number of hydrazone groups is 1. The Morgan fingerprint density at radius 2 is 2.00 bits per heavy atom. The quantitative estimate of drug-likeness (QED) is 0.365. The smallest absolute Gasteiger partial charge is 0.277 e. The van der Waals surface area contributed by atoms with Crippen LogP contribution in [0.3, 0.4) is 0 Å². The zero-order valence-corrected chi connectivity index (χ0v) is 20.7. The molecule has 1 aliphatic carbocycles. The molecule has 0 N–H and O–H groups in total. The molecule has 1 saturated carbocycles. The lowest BCUT2D eigenvalue weighted by Crippen LogP contribution is -2.26. The summed E-state index contributed by atoms with van der Waals surface area (Å²) < 4.78 is 26.0. The molecular formula is C25H21BrFN3O3S. The van der Waals surface area contributed by atoms with Crippen molar-refractivity contribution >= 4 is 38.6 Å². The van der Waals surface area contributed by atoms with E-state index in [0.29, 0.717) is 39.1 Å². The maximum atomic E-state index is 13.5. The van der Waals surface area contributed by atoms with E-state index in [1.165, 1.54) is 47.9 Å². The summed E-state index contributed by atoms with van der Waals surface area (Å²) in [5, 5.41) is 6.16. The van der Waals surface area contributed by atoms with Crippen LogP contribution in [0.25, 0.3) is 0 Å². The van der Waals surface area contributed by atoms with Gasteiger partial charge in [-0.05, 0) is 71.1 Å². The number of amides is 1. The van der Waals surface area contributed by atoms with Gasteiger partial charge in [0.2, 0.25) is 0 Å². The number of rotatable bonds is 7. The van der Waals surface area contributed by atoms with Gasteiger partial charge in [-0.1, -0.05) is 23.9 Å². The Bertz CT molecular complexity index is 1250. The molecule has 0 spiro atoms. The van der Waals surface area contributed by atoms with E-state index in [0.717, 1.165) is 11.1 Å². The van der Waals surface area contributed by atoms with E-state index in [1.54, 1.807) is 31.5 Å². The minimum atomic E-state index is -0.508. The van der Waals surface area contributed by atoms with Crippen molar-refractivity contribution in [2.45, 2.75) is 18.2 Å². The number of carbonyl (C=O) groups excluding carboxylic acids is 1. The molecule has 34 heavy (non-hydrogen) atoms. The predicted molar refractivity (Wildman–Crippen MR) is 133 cm³/mol. The lowest BCUT2D eigenvalue weighted by atomic mass is 10.1. The molecule has 1 fully saturated rings. The number of aromatic nitrogens is 1. The van der Waals surface area contributed by atoms with Crippen LogP contribution >= 0.6 is 27.7 Å². The van der Waals surface area contributed by atoms with Gasteiger partial charge in [-0.2, -0.15) is 5.10 Å². The zero-order chi connectivity index (χ0) is 23.7. The van der Waals surface area contributed by atoms with Crippen molar-refractivity contribution < 1.29 is 18.7 Å². The molecule has 1 atom stereocenters. The largest absolute Gasteiger partial charge is 0.492 e. The fourth-order valence-corrected chi connectivity index (χ4v) is 5.15. The van der Waals surface area contributed by atoms with E-state index < -0.39 is 5.37 Å². The summed E-state index contributed by atoms with van der Waals surface area (Å²) in [4.78, 5) is 17.7. The molecule has 6 nitrogen and oxygen atoms in total. The van der Waals surface area contributed by atoms with Crippen LogP contribution in [-0.2, 0) is 0 Å². The Balaban J connectivity index is 1.53. The van der Waals surface area contributed by atoms with Gasteiger partial charge >= 0.3 is 0 Å². The van der Waals surface area contributed by atoms with Crippen molar-refractivity contribution in [3.63, 3.8) is 0 Å². The lowest BCUT2D eigenvalue weighted by molar-refractivity contribution is 0.0747. The summed E-state index contributed by atoms with van der Waals surface area (Å²) in [6.45, 7) is 0.640. The fraction of sp³-hybridized carbons (Fsp3) is 0.240. The van der Waals surface area contributed by atoms with Gasteiger partial charge in [-0.25, -0.2) is 9.40 Å². The highest BCUT2D eigenvalue weighted by Gasteiger charge is 2.37. The van der Waals surface area contributed by atoms with Crippen molar-refractivity contribution in [2.75, 3.05) is 13.7 Å². The molecule has 3 aromatic rings. The molecule has 1 unspecified atom stereocenters. The molecule has 2 aliphatic rings. The topological polar surface area (TPSA) is 64.0 Å². The number of halogens is 2. The maximum absolute atomic E-state index is 13.5. The van der Waals surface area contributed by atoms with E-state index in [1.807, 2.05) is 18.2 Å². The SMILES string of the molecule is COc1c(OCC2CC2)cccc1C1SC(c2ccc(F)cc2)=NN1C(=O)c1cncc(Br)c1. The van der Waals surface area contributed by atoms with Gasteiger partial charge in [0.05, 0.1) is 19.3 Å². The molecule has 5 rings (SSSR count). The summed E-state index contributed by atoms with van der Waals surface area (Å²) >= 11 is 4.77. The molecule has 9 heteroatoms. The van der Waals surface area contributed by atoms with E-state index in [9.17, 15) is 9.18 Å².